The Morgan fingerprint density at radius 3 is 2.43 bits per heavy atom. The Hall–Kier alpha value is -3.86. The van der Waals surface area contributed by atoms with E-state index in [1.165, 1.54) is 14.2 Å². The summed E-state index contributed by atoms with van der Waals surface area (Å²) in [6, 6.07) is 11.9. The van der Waals surface area contributed by atoms with Crippen LogP contribution in [-0.4, -0.2) is 46.5 Å². The van der Waals surface area contributed by atoms with Crippen molar-refractivity contribution >= 4 is 35.0 Å². The number of para-hydroxylation sites is 1. The van der Waals surface area contributed by atoms with Gasteiger partial charge in [0.05, 0.1) is 25.2 Å². The smallest absolute Gasteiger partial charge is 0.278 e. The fourth-order valence-corrected chi connectivity index (χ4v) is 4.02. The lowest BCUT2D eigenvalue weighted by Crippen LogP contribution is -2.25. The highest BCUT2D eigenvalue weighted by molar-refractivity contribution is 8.00. The second-order valence-electron chi connectivity index (χ2n) is 7.33. The molecule has 1 atom stereocenters. The number of thioether (sulfide) groups is 1. The van der Waals surface area contributed by atoms with Crippen molar-refractivity contribution in [2.24, 2.45) is 0 Å². The Morgan fingerprint density at radius 2 is 1.77 bits per heavy atom. The van der Waals surface area contributed by atoms with E-state index in [0.717, 1.165) is 11.8 Å². The first-order chi connectivity index (χ1) is 16.9. The lowest BCUT2D eigenvalue weighted by molar-refractivity contribution is -0.116. The quantitative estimate of drug-likeness (QED) is 0.361. The minimum absolute atomic E-state index is 0.0733. The Morgan fingerprint density at radius 1 is 1.03 bits per heavy atom. The number of anilines is 2. The van der Waals surface area contributed by atoms with Gasteiger partial charge in [-0.15, -0.1) is 10.2 Å². The fourth-order valence-electron chi connectivity index (χ4n) is 3.18. The maximum Gasteiger partial charge on any atom is 0.278 e. The van der Waals surface area contributed by atoms with E-state index < -0.39 is 10.8 Å². The summed E-state index contributed by atoms with van der Waals surface area (Å²) in [5.74, 6) is 0.604. The van der Waals surface area contributed by atoms with Gasteiger partial charge in [-0.2, -0.15) is 0 Å². The molecule has 3 rings (SSSR count). The van der Waals surface area contributed by atoms with E-state index in [-0.39, 0.29) is 22.7 Å². The molecule has 10 nitrogen and oxygen atoms in total. The third-order valence-electron chi connectivity index (χ3n) is 5.02. The van der Waals surface area contributed by atoms with Crippen LogP contribution in [0.1, 0.15) is 26.7 Å². The van der Waals surface area contributed by atoms with E-state index in [9.17, 15) is 14.4 Å². The number of aromatic nitrogens is 3. The number of nitrogens with zero attached hydrogens (tertiary/aromatic N) is 2. The molecule has 0 bridgehead atoms. The van der Waals surface area contributed by atoms with Gasteiger partial charge in [0.1, 0.15) is 0 Å². The molecule has 0 aliphatic rings. The van der Waals surface area contributed by atoms with Crippen LogP contribution in [0.2, 0.25) is 0 Å². The normalized spacial score (nSPS) is 11.4. The molecule has 1 heterocycles. The molecule has 0 saturated carbocycles. The van der Waals surface area contributed by atoms with Gasteiger partial charge in [-0.25, -0.2) is 0 Å². The first-order valence-corrected chi connectivity index (χ1v) is 11.8. The summed E-state index contributed by atoms with van der Waals surface area (Å²) < 4.78 is 10.5. The minimum Gasteiger partial charge on any atom is -0.493 e. The monoisotopic (exact) mass is 497 g/mol. The zero-order valence-electron chi connectivity index (χ0n) is 19.9. The highest BCUT2D eigenvalue weighted by Crippen LogP contribution is 2.31. The number of ether oxygens (including phenoxy) is 2. The summed E-state index contributed by atoms with van der Waals surface area (Å²) >= 11 is 1.10. The molecule has 11 heteroatoms. The second-order valence-corrected chi connectivity index (χ2v) is 8.52. The van der Waals surface area contributed by atoms with Gasteiger partial charge >= 0.3 is 0 Å². The summed E-state index contributed by atoms with van der Waals surface area (Å²) in [4.78, 5) is 40.2. The number of hydrogen-bond acceptors (Lipinski definition) is 8. The Kier molecular flexibility index (Phi) is 8.85. The summed E-state index contributed by atoms with van der Waals surface area (Å²) in [6.07, 6.45) is 0.789. The number of amides is 2. The van der Waals surface area contributed by atoms with Gasteiger partial charge in [0.2, 0.25) is 11.8 Å². The average Bonchev–Trinajstić information content (AvgIpc) is 2.87. The molecule has 1 aromatic heterocycles. The molecule has 3 N–H and O–H groups in total. The van der Waals surface area contributed by atoms with Crippen molar-refractivity contribution in [3.8, 4) is 22.8 Å². The van der Waals surface area contributed by atoms with Crippen LogP contribution >= 0.6 is 11.8 Å². The van der Waals surface area contributed by atoms with Crippen LogP contribution < -0.4 is 25.7 Å². The molecule has 0 spiro atoms. The molecular weight excluding hydrogens is 470 g/mol. The van der Waals surface area contributed by atoms with Crippen molar-refractivity contribution in [2.45, 2.75) is 37.1 Å². The third-order valence-corrected chi connectivity index (χ3v) is 6.26. The molecule has 0 saturated heterocycles. The number of H-pyrrole nitrogens is 1. The van der Waals surface area contributed by atoms with Crippen molar-refractivity contribution in [3.63, 3.8) is 0 Å². The summed E-state index contributed by atoms with van der Waals surface area (Å²) in [6.45, 7) is 3.60. The Labute approximate surface area is 206 Å². The summed E-state index contributed by atoms with van der Waals surface area (Å²) in [5.41, 5.74) is 1.07. The van der Waals surface area contributed by atoms with E-state index in [2.05, 4.69) is 25.8 Å². The number of methoxy groups -OCH3 is 2. The van der Waals surface area contributed by atoms with Crippen LogP contribution in [0.4, 0.5) is 11.4 Å². The third kappa shape index (κ3) is 6.38. The van der Waals surface area contributed by atoms with Gasteiger partial charge in [0.25, 0.3) is 5.56 Å². The van der Waals surface area contributed by atoms with Crippen LogP contribution in [0, 0.1) is 0 Å². The highest BCUT2D eigenvalue weighted by atomic mass is 32.2. The SMILES string of the molecule is CCC(=O)Nc1ccccc1-c1nnc(SC(CC)C(=O)Nc2ccc(OC)c(OC)c2)[nH]c1=O. The van der Waals surface area contributed by atoms with Crippen molar-refractivity contribution < 1.29 is 19.1 Å². The minimum atomic E-state index is -0.532. The molecule has 2 aromatic carbocycles. The summed E-state index contributed by atoms with van der Waals surface area (Å²) in [5, 5.41) is 13.5. The number of benzene rings is 2. The predicted molar refractivity (Wildman–Crippen MR) is 135 cm³/mol. The van der Waals surface area contributed by atoms with Gasteiger partial charge in [-0.05, 0) is 24.6 Å². The van der Waals surface area contributed by atoms with Crippen molar-refractivity contribution in [3.05, 3.63) is 52.8 Å². The molecule has 1 unspecified atom stereocenters. The molecular formula is C24H27N5O5S. The molecule has 3 aromatic rings. The van der Waals surface area contributed by atoms with Gasteiger partial charge in [0, 0.05) is 23.7 Å². The van der Waals surface area contributed by atoms with Crippen LogP contribution in [0.3, 0.4) is 0 Å². The van der Waals surface area contributed by atoms with Gasteiger partial charge in [-0.3, -0.25) is 19.4 Å². The van der Waals surface area contributed by atoms with E-state index in [1.54, 1.807) is 49.4 Å². The number of carbonyl (C=O) groups excluding carboxylic acids is 2. The van der Waals surface area contributed by atoms with Crippen molar-refractivity contribution in [1.29, 1.82) is 0 Å². The van der Waals surface area contributed by atoms with Crippen molar-refractivity contribution in [2.75, 3.05) is 24.9 Å². The summed E-state index contributed by atoms with van der Waals surface area (Å²) in [7, 11) is 3.05. The molecule has 0 aliphatic heterocycles. The van der Waals surface area contributed by atoms with E-state index >= 15 is 0 Å². The molecule has 2 amide bonds. The van der Waals surface area contributed by atoms with E-state index in [0.29, 0.717) is 41.3 Å². The Balaban J connectivity index is 1.77. The number of rotatable bonds is 10. The largest absolute Gasteiger partial charge is 0.493 e. The predicted octanol–water partition coefficient (Wildman–Crippen LogP) is 3.71. The number of aromatic amines is 1. The number of carbonyl (C=O) groups is 2. The maximum absolute atomic E-state index is 12.9. The van der Waals surface area contributed by atoms with Gasteiger partial charge in [-0.1, -0.05) is 43.8 Å². The zero-order valence-corrected chi connectivity index (χ0v) is 20.7. The van der Waals surface area contributed by atoms with Crippen LogP contribution in [0.25, 0.3) is 11.3 Å². The lowest BCUT2D eigenvalue weighted by Gasteiger charge is -2.15. The standard InChI is InChI=1S/C24H27N5O5S/c1-5-19(22(31)25-14-11-12-17(33-3)18(13-14)34-4)35-24-27-23(32)21(28-29-24)15-9-7-8-10-16(15)26-20(30)6-2/h7-13,19H,5-6H2,1-4H3,(H,25,31)(H,26,30)(H,27,29,32). The molecule has 184 valence electrons. The van der Waals surface area contributed by atoms with Crippen LogP contribution in [0.15, 0.2) is 52.4 Å². The van der Waals surface area contributed by atoms with E-state index in [4.69, 9.17) is 9.47 Å². The molecule has 0 aliphatic carbocycles. The van der Waals surface area contributed by atoms with Gasteiger partial charge < -0.3 is 20.1 Å². The van der Waals surface area contributed by atoms with Crippen LogP contribution in [0.5, 0.6) is 11.5 Å². The van der Waals surface area contributed by atoms with Gasteiger partial charge in [0.15, 0.2) is 22.3 Å². The fraction of sp³-hybridized carbons (Fsp3) is 0.292. The van der Waals surface area contributed by atoms with Crippen LogP contribution in [-0.2, 0) is 9.59 Å². The molecule has 0 radical (unpaired) electrons. The molecule has 35 heavy (non-hydrogen) atoms. The lowest BCUT2D eigenvalue weighted by atomic mass is 10.1. The molecule has 0 fully saturated rings. The highest BCUT2D eigenvalue weighted by Gasteiger charge is 2.21. The topological polar surface area (TPSA) is 135 Å². The zero-order chi connectivity index (χ0) is 25.4. The number of nitrogens with one attached hydrogen (secondary N) is 3. The van der Waals surface area contributed by atoms with E-state index in [1.807, 2.05) is 6.92 Å². The average molecular weight is 498 g/mol. The second kappa shape index (κ2) is 12.0. The first-order valence-electron chi connectivity index (χ1n) is 11.0. The maximum atomic E-state index is 12.9. The number of hydrogen-bond donors (Lipinski definition) is 3. The first kappa shape index (κ1) is 25.8. The van der Waals surface area contributed by atoms with Crippen molar-refractivity contribution in [1.82, 2.24) is 15.2 Å². The Bertz CT molecular complexity index is 1260.